The predicted octanol–water partition coefficient (Wildman–Crippen LogP) is 7.33. The SMILES string of the molecule is COC(=O)c1nn(-c2ccc(Cl)cc2Cl)c(-c2ccc(O[Si](C)(C)C(C)(C)C)cc2)c1C. The molecule has 1 aromatic heterocycles. The first-order valence-corrected chi connectivity index (χ1v) is 13.9. The van der Waals surface area contributed by atoms with E-state index in [9.17, 15) is 4.79 Å². The van der Waals surface area contributed by atoms with Crippen molar-refractivity contribution in [3.63, 3.8) is 0 Å². The van der Waals surface area contributed by atoms with Gasteiger partial charge in [0.05, 0.1) is 23.5 Å². The third-order valence-electron chi connectivity index (χ3n) is 5.95. The summed E-state index contributed by atoms with van der Waals surface area (Å²) < 4.78 is 13.0. The fourth-order valence-electron chi connectivity index (χ4n) is 3.08. The average molecular weight is 491 g/mol. The minimum absolute atomic E-state index is 0.0988. The maximum absolute atomic E-state index is 12.3. The van der Waals surface area contributed by atoms with Crippen LogP contribution in [0.15, 0.2) is 42.5 Å². The Labute approximate surface area is 200 Å². The van der Waals surface area contributed by atoms with Crippen LogP contribution in [-0.2, 0) is 4.74 Å². The summed E-state index contributed by atoms with van der Waals surface area (Å²) in [6, 6.07) is 13.0. The largest absolute Gasteiger partial charge is 0.544 e. The van der Waals surface area contributed by atoms with Gasteiger partial charge in [0.25, 0.3) is 0 Å². The molecule has 0 atom stereocenters. The first-order valence-electron chi connectivity index (χ1n) is 10.3. The minimum Gasteiger partial charge on any atom is -0.544 e. The van der Waals surface area contributed by atoms with Gasteiger partial charge in [-0.1, -0.05) is 44.0 Å². The first kappa shape index (κ1) is 24.4. The van der Waals surface area contributed by atoms with Crippen LogP contribution >= 0.6 is 23.2 Å². The molecule has 0 fully saturated rings. The molecule has 3 rings (SSSR count). The second-order valence-corrected chi connectivity index (χ2v) is 14.8. The molecule has 0 bridgehead atoms. The zero-order valence-corrected chi connectivity index (χ0v) is 21.9. The van der Waals surface area contributed by atoms with Crippen LogP contribution in [0.5, 0.6) is 5.75 Å². The lowest BCUT2D eigenvalue weighted by molar-refractivity contribution is 0.0592. The van der Waals surface area contributed by atoms with Crippen LogP contribution in [-0.4, -0.2) is 31.2 Å². The Hall–Kier alpha value is -2.28. The van der Waals surface area contributed by atoms with E-state index in [0.29, 0.717) is 21.3 Å². The fourth-order valence-corrected chi connectivity index (χ4v) is 4.60. The highest BCUT2D eigenvalue weighted by Crippen LogP contribution is 2.38. The Balaban J connectivity index is 2.11. The number of methoxy groups -OCH3 is 1. The number of rotatable bonds is 5. The van der Waals surface area contributed by atoms with E-state index in [-0.39, 0.29) is 10.7 Å². The number of nitrogens with zero attached hydrogens (tertiary/aromatic N) is 2. The molecular weight excluding hydrogens is 463 g/mol. The van der Waals surface area contributed by atoms with E-state index >= 15 is 0 Å². The van der Waals surface area contributed by atoms with Crippen molar-refractivity contribution in [1.29, 1.82) is 0 Å². The van der Waals surface area contributed by atoms with Crippen molar-refractivity contribution in [3.05, 3.63) is 63.8 Å². The molecule has 0 spiro atoms. The van der Waals surface area contributed by atoms with Gasteiger partial charge in [-0.2, -0.15) is 5.10 Å². The Morgan fingerprint density at radius 3 is 2.22 bits per heavy atom. The normalized spacial score (nSPS) is 12.0. The Kier molecular flexibility index (Phi) is 6.79. The van der Waals surface area contributed by atoms with Crippen LogP contribution in [0.25, 0.3) is 16.9 Å². The van der Waals surface area contributed by atoms with Crippen molar-refractivity contribution in [2.75, 3.05) is 7.11 Å². The molecule has 0 amide bonds. The molecule has 0 unspecified atom stereocenters. The van der Waals surface area contributed by atoms with Crippen molar-refractivity contribution in [2.24, 2.45) is 0 Å². The highest BCUT2D eigenvalue weighted by Gasteiger charge is 2.39. The zero-order chi connectivity index (χ0) is 23.8. The molecule has 2 aromatic carbocycles. The van der Waals surface area contributed by atoms with Crippen LogP contribution < -0.4 is 4.43 Å². The summed E-state index contributed by atoms with van der Waals surface area (Å²) in [4.78, 5) is 12.3. The number of esters is 1. The van der Waals surface area contributed by atoms with E-state index in [4.69, 9.17) is 32.4 Å². The van der Waals surface area contributed by atoms with Crippen molar-refractivity contribution in [2.45, 2.75) is 45.8 Å². The maximum Gasteiger partial charge on any atom is 0.358 e. The second kappa shape index (κ2) is 8.93. The molecule has 0 saturated heterocycles. The van der Waals surface area contributed by atoms with Gasteiger partial charge in [-0.15, -0.1) is 0 Å². The van der Waals surface area contributed by atoms with Gasteiger partial charge in [-0.05, 0) is 67.5 Å². The molecule has 1 heterocycles. The summed E-state index contributed by atoms with van der Waals surface area (Å²) >= 11 is 12.5. The number of hydrogen-bond donors (Lipinski definition) is 0. The van der Waals surface area contributed by atoms with Crippen molar-refractivity contribution < 1.29 is 14.0 Å². The number of carbonyl (C=O) groups is 1. The van der Waals surface area contributed by atoms with E-state index in [1.54, 1.807) is 22.9 Å². The van der Waals surface area contributed by atoms with Crippen LogP contribution in [0.4, 0.5) is 0 Å². The van der Waals surface area contributed by atoms with Gasteiger partial charge < -0.3 is 9.16 Å². The van der Waals surface area contributed by atoms with E-state index in [1.165, 1.54) is 7.11 Å². The summed E-state index contributed by atoms with van der Waals surface area (Å²) in [5.41, 5.74) is 3.16. The quantitative estimate of drug-likeness (QED) is 0.277. The maximum atomic E-state index is 12.3. The number of benzene rings is 2. The molecule has 0 N–H and O–H groups in total. The third kappa shape index (κ3) is 4.72. The molecule has 8 heteroatoms. The Bertz CT molecular complexity index is 1150. The molecule has 32 heavy (non-hydrogen) atoms. The smallest absolute Gasteiger partial charge is 0.358 e. The van der Waals surface area contributed by atoms with E-state index in [0.717, 1.165) is 17.0 Å². The summed E-state index contributed by atoms with van der Waals surface area (Å²) in [5.74, 6) is 0.312. The highest BCUT2D eigenvalue weighted by molar-refractivity contribution is 6.74. The number of carbonyl (C=O) groups excluding carboxylic acids is 1. The third-order valence-corrected chi connectivity index (χ3v) is 10.8. The van der Waals surface area contributed by atoms with Gasteiger partial charge in [0.1, 0.15) is 5.75 Å². The van der Waals surface area contributed by atoms with Crippen molar-refractivity contribution in [1.82, 2.24) is 9.78 Å². The lowest BCUT2D eigenvalue weighted by atomic mass is 10.1. The average Bonchev–Trinajstić information content (AvgIpc) is 3.04. The lowest BCUT2D eigenvalue weighted by Gasteiger charge is -2.36. The standard InChI is InChI=1S/C24H28Cl2N2O3Si/c1-15-21(23(29)30-5)27-28(20-13-10-17(25)14-19(20)26)22(15)16-8-11-18(12-9-16)31-32(6,7)24(2,3)4/h8-14H,1-7H3. The van der Waals surface area contributed by atoms with Gasteiger partial charge in [-0.25, -0.2) is 9.48 Å². The van der Waals surface area contributed by atoms with Gasteiger partial charge in [0.15, 0.2) is 5.69 Å². The van der Waals surface area contributed by atoms with E-state index in [2.05, 4.69) is 39.0 Å². The molecule has 170 valence electrons. The summed E-state index contributed by atoms with van der Waals surface area (Å²) in [6.07, 6.45) is 0. The molecule has 0 saturated carbocycles. The monoisotopic (exact) mass is 490 g/mol. The Morgan fingerprint density at radius 2 is 1.69 bits per heavy atom. The van der Waals surface area contributed by atoms with Gasteiger partial charge in [-0.3, -0.25) is 0 Å². The van der Waals surface area contributed by atoms with Gasteiger partial charge in [0, 0.05) is 16.1 Å². The van der Waals surface area contributed by atoms with Gasteiger partial charge >= 0.3 is 5.97 Å². The minimum atomic E-state index is -1.95. The number of halogens is 2. The second-order valence-electron chi connectivity index (χ2n) is 9.21. The first-order chi connectivity index (χ1) is 14.9. The summed E-state index contributed by atoms with van der Waals surface area (Å²) in [5, 5.41) is 5.57. The number of hydrogen-bond acceptors (Lipinski definition) is 4. The highest BCUT2D eigenvalue weighted by atomic mass is 35.5. The van der Waals surface area contributed by atoms with Crippen LogP contribution in [0, 0.1) is 6.92 Å². The zero-order valence-electron chi connectivity index (χ0n) is 19.4. The van der Waals surface area contributed by atoms with Crippen molar-refractivity contribution in [3.8, 4) is 22.7 Å². The van der Waals surface area contributed by atoms with Crippen LogP contribution in [0.2, 0.25) is 28.2 Å². The summed E-state index contributed by atoms with van der Waals surface area (Å²) in [6.45, 7) is 12.9. The molecule has 3 aromatic rings. The summed E-state index contributed by atoms with van der Waals surface area (Å²) in [7, 11) is -0.618. The molecule has 0 aliphatic carbocycles. The Morgan fingerprint density at radius 1 is 1.06 bits per heavy atom. The molecule has 5 nitrogen and oxygen atoms in total. The number of aromatic nitrogens is 2. The van der Waals surface area contributed by atoms with Crippen LogP contribution in [0.1, 0.15) is 36.8 Å². The van der Waals surface area contributed by atoms with Crippen molar-refractivity contribution >= 4 is 37.5 Å². The lowest BCUT2D eigenvalue weighted by Crippen LogP contribution is -2.43. The predicted molar refractivity (Wildman–Crippen MR) is 133 cm³/mol. The molecule has 0 radical (unpaired) electrons. The fraction of sp³-hybridized carbons (Fsp3) is 0.333. The molecular formula is C24H28Cl2N2O3Si. The van der Waals surface area contributed by atoms with E-state index < -0.39 is 14.3 Å². The number of ether oxygens (including phenoxy) is 1. The molecule has 0 aliphatic heterocycles. The van der Waals surface area contributed by atoms with Gasteiger partial charge in [0.2, 0.25) is 8.32 Å². The molecule has 0 aliphatic rings. The van der Waals surface area contributed by atoms with E-state index in [1.807, 2.05) is 31.2 Å². The topological polar surface area (TPSA) is 53.3 Å². The van der Waals surface area contributed by atoms with Crippen LogP contribution in [0.3, 0.4) is 0 Å².